The molecule has 2 rings (SSSR count). The molecule has 23 heavy (non-hydrogen) atoms. The fourth-order valence-corrected chi connectivity index (χ4v) is 2.45. The summed E-state index contributed by atoms with van der Waals surface area (Å²) < 4.78 is 0. The van der Waals surface area contributed by atoms with Crippen molar-refractivity contribution in [1.82, 2.24) is 15.5 Å². The van der Waals surface area contributed by atoms with E-state index in [1.807, 2.05) is 19.1 Å². The van der Waals surface area contributed by atoms with Crippen molar-refractivity contribution in [2.45, 2.75) is 32.2 Å². The van der Waals surface area contributed by atoms with E-state index < -0.39 is 11.6 Å². The molecular weight excluding hydrogens is 318 g/mol. The minimum atomic E-state index is -0.916. The predicted octanol–water partition coefficient (Wildman–Crippen LogP) is 1.72. The van der Waals surface area contributed by atoms with Crippen molar-refractivity contribution in [1.29, 1.82) is 0 Å². The number of nitrogens with zero attached hydrogens (tertiary/aromatic N) is 1. The number of halogens is 1. The fourth-order valence-electron chi connectivity index (χ4n) is 2.33. The first-order valence-electron chi connectivity index (χ1n) is 7.51. The normalized spacial score (nSPS) is 20.6. The quantitative estimate of drug-likeness (QED) is 0.776. The monoisotopic (exact) mass is 337 g/mol. The van der Waals surface area contributed by atoms with Crippen molar-refractivity contribution < 1.29 is 14.4 Å². The van der Waals surface area contributed by atoms with E-state index in [4.69, 9.17) is 11.6 Å². The standard InChI is InChI=1S/C16H20ClN3O3/c1-3-16(2)14(22)20(15(23)19-16)10-13(21)18-9-8-11-4-6-12(17)7-5-11/h4-7H,3,8-10H2,1-2H3,(H,18,21)(H,19,23)/t16-/m1/s1. The zero-order chi connectivity index (χ0) is 17.0. The van der Waals surface area contributed by atoms with Gasteiger partial charge in [-0.2, -0.15) is 0 Å². The summed E-state index contributed by atoms with van der Waals surface area (Å²) in [7, 11) is 0. The molecule has 1 atom stereocenters. The molecule has 0 saturated carbocycles. The van der Waals surface area contributed by atoms with Crippen LogP contribution in [0.2, 0.25) is 5.02 Å². The number of hydrogen-bond donors (Lipinski definition) is 2. The lowest BCUT2D eigenvalue weighted by molar-refractivity contribution is -0.134. The van der Waals surface area contributed by atoms with Crippen LogP contribution in [0.15, 0.2) is 24.3 Å². The highest BCUT2D eigenvalue weighted by Gasteiger charge is 2.46. The smallest absolute Gasteiger partial charge is 0.325 e. The van der Waals surface area contributed by atoms with Gasteiger partial charge in [-0.3, -0.25) is 14.5 Å². The molecule has 0 radical (unpaired) electrons. The molecule has 0 unspecified atom stereocenters. The molecule has 1 aromatic rings. The molecule has 1 fully saturated rings. The lowest BCUT2D eigenvalue weighted by Gasteiger charge is -2.19. The molecule has 124 valence electrons. The molecule has 1 aromatic carbocycles. The topological polar surface area (TPSA) is 78.5 Å². The summed E-state index contributed by atoms with van der Waals surface area (Å²) in [5.41, 5.74) is 0.129. The van der Waals surface area contributed by atoms with Gasteiger partial charge in [-0.1, -0.05) is 30.7 Å². The van der Waals surface area contributed by atoms with Crippen LogP contribution in [0.25, 0.3) is 0 Å². The van der Waals surface area contributed by atoms with E-state index in [1.165, 1.54) is 0 Å². The molecule has 1 saturated heterocycles. The largest absolute Gasteiger partial charge is 0.354 e. The number of rotatable bonds is 6. The summed E-state index contributed by atoms with van der Waals surface area (Å²) >= 11 is 5.81. The van der Waals surface area contributed by atoms with Gasteiger partial charge in [0.15, 0.2) is 0 Å². The second-order valence-electron chi connectivity index (χ2n) is 5.73. The summed E-state index contributed by atoms with van der Waals surface area (Å²) in [6, 6.07) is 6.83. The molecule has 0 spiro atoms. The highest BCUT2D eigenvalue weighted by molar-refractivity contribution is 6.30. The third kappa shape index (κ3) is 4.01. The number of urea groups is 1. The van der Waals surface area contributed by atoms with Gasteiger partial charge < -0.3 is 10.6 Å². The molecule has 6 nitrogen and oxygen atoms in total. The van der Waals surface area contributed by atoms with Crippen molar-refractivity contribution in [2.75, 3.05) is 13.1 Å². The van der Waals surface area contributed by atoms with Gasteiger partial charge in [-0.15, -0.1) is 0 Å². The molecule has 0 aromatic heterocycles. The molecule has 0 bridgehead atoms. The number of imide groups is 1. The van der Waals surface area contributed by atoms with Crippen LogP contribution < -0.4 is 10.6 Å². The van der Waals surface area contributed by atoms with E-state index >= 15 is 0 Å². The van der Waals surface area contributed by atoms with Gasteiger partial charge in [0, 0.05) is 11.6 Å². The van der Waals surface area contributed by atoms with Crippen molar-refractivity contribution in [3.8, 4) is 0 Å². The van der Waals surface area contributed by atoms with Gasteiger partial charge in [0.2, 0.25) is 5.91 Å². The van der Waals surface area contributed by atoms with Crippen molar-refractivity contribution in [3.05, 3.63) is 34.9 Å². The van der Waals surface area contributed by atoms with Gasteiger partial charge in [0.05, 0.1) is 0 Å². The van der Waals surface area contributed by atoms with Gasteiger partial charge >= 0.3 is 6.03 Å². The SMILES string of the molecule is CC[C@@]1(C)NC(=O)N(CC(=O)NCCc2ccc(Cl)cc2)C1=O. The fraction of sp³-hybridized carbons (Fsp3) is 0.438. The summed E-state index contributed by atoms with van der Waals surface area (Å²) in [6.45, 7) is 3.63. The first-order valence-corrected chi connectivity index (χ1v) is 7.89. The van der Waals surface area contributed by atoms with E-state index in [0.717, 1.165) is 10.5 Å². The molecule has 1 aliphatic heterocycles. The third-order valence-corrected chi connectivity index (χ3v) is 4.26. The van der Waals surface area contributed by atoms with Crippen LogP contribution in [0.4, 0.5) is 4.79 Å². The average Bonchev–Trinajstić information content (AvgIpc) is 2.73. The zero-order valence-corrected chi connectivity index (χ0v) is 13.9. The van der Waals surface area contributed by atoms with Crippen LogP contribution in [0, 0.1) is 0 Å². The first kappa shape index (κ1) is 17.3. The van der Waals surface area contributed by atoms with E-state index in [9.17, 15) is 14.4 Å². The van der Waals surface area contributed by atoms with Crippen LogP contribution in [0.5, 0.6) is 0 Å². The van der Waals surface area contributed by atoms with Gasteiger partial charge in [-0.25, -0.2) is 4.79 Å². The summed E-state index contributed by atoms with van der Waals surface area (Å²) in [5.74, 6) is -0.722. The Morgan fingerprint density at radius 2 is 1.96 bits per heavy atom. The van der Waals surface area contributed by atoms with E-state index in [0.29, 0.717) is 24.4 Å². The van der Waals surface area contributed by atoms with Crippen molar-refractivity contribution >= 4 is 29.4 Å². The maximum absolute atomic E-state index is 12.2. The molecule has 7 heteroatoms. The Balaban J connectivity index is 1.82. The van der Waals surface area contributed by atoms with E-state index in [2.05, 4.69) is 10.6 Å². The highest BCUT2D eigenvalue weighted by atomic mass is 35.5. The average molecular weight is 338 g/mol. The lowest BCUT2D eigenvalue weighted by Crippen LogP contribution is -2.44. The van der Waals surface area contributed by atoms with E-state index in [1.54, 1.807) is 19.1 Å². The van der Waals surface area contributed by atoms with Gasteiger partial charge in [0.1, 0.15) is 12.1 Å². The molecule has 2 N–H and O–H groups in total. The summed E-state index contributed by atoms with van der Waals surface area (Å²) in [5, 5.41) is 5.99. The maximum atomic E-state index is 12.2. The molecule has 1 heterocycles. The molecule has 0 aliphatic carbocycles. The second-order valence-corrected chi connectivity index (χ2v) is 6.17. The maximum Gasteiger partial charge on any atom is 0.325 e. The molecule has 4 amide bonds. The minimum absolute atomic E-state index is 0.263. The lowest BCUT2D eigenvalue weighted by atomic mass is 9.99. The number of carbonyl (C=O) groups excluding carboxylic acids is 3. The number of amides is 4. The van der Waals surface area contributed by atoms with Gasteiger partial charge in [-0.05, 0) is 37.5 Å². The number of carbonyl (C=O) groups is 3. The summed E-state index contributed by atoms with van der Waals surface area (Å²) in [4.78, 5) is 36.9. The van der Waals surface area contributed by atoms with E-state index in [-0.39, 0.29) is 18.4 Å². The molecule has 1 aliphatic rings. The Bertz CT molecular complexity index is 618. The number of nitrogens with one attached hydrogen (secondary N) is 2. The summed E-state index contributed by atoms with van der Waals surface area (Å²) in [6.07, 6.45) is 1.13. The second kappa shape index (κ2) is 7.00. The Morgan fingerprint density at radius 3 is 2.52 bits per heavy atom. The van der Waals surface area contributed by atoms with Crippen LogP contribution in [0.3, 0.4) is 0 Å². The van der Waals surface area contributed by atoms with Crippen LogP contribution in [0.1, 0.15) is 25.8 Å². The zero-order valence-electron chi connectivity index (χ0n) is 13.2. The van der Waals surface area contributed by atoms with Crippen molar-refractivity contribution in [2.24, 2.45) is 0 Å². The highest BCUT2D eigenvalue weighted by Crippen LogP contribution is 2.20. The minimum Gasteiger partial charge on any atom is -0.354 e. The Morgan fingerprint density at radius 1 is 1.30 bits per heavy atom. The Kier molecular flexibility index (Phi) is 5.26. The van der Waals surface area contributed by atoms with Gasteiger partial charge in [0.25, 0.3) is 5.91 Å². The van der Waals surface area contributed by atoms with Crippen LogP contribution in [-0.4, -0.2) is 41.4 Å². The first-order chi connectivity index (χ1) is 10.9. The third-order valence-electron chi connectivity index (χ3n) is 4.00. The molecular formula is C16H20ClN3O3. The Labute approximate surface area is 140 Å². The van der Waals surface area contributed by atoms with Crippen LogP contribution >= 0.6 is 11.6 Å². The predicted molar refractivity (Wildman–Crippen MR) is 87.1 cm³/mol. The number of hydrogen-bond acceptors (Lipinski definition) is 3. The van der Waals surface area contributed by atoms with Crippen molar-refractivity contribution in [3.63, 3.8) is 0 Å². The number of benzene rings is 1. The Hall–Kier alpha value is -2.08. The van der Waals surface area contributed by atoms with Crippen LogP contribution in [-0.2, 0) is 16.0 Å².